The predicted molar refractivity (Wildman–Crippen MR) is 142 cm³/mol. The summed E-state index contributed by atoms with van der Waals surface area (Å²) in [5.74, 6) is 1.06. The van der Waals surface area contributed by atoms with Crippen molar-refractivity contribution in [2.75, 3.05) is 0 Å². The van der Waals surface area contributed by atoms with E-state index in [1.807, 2.05) is 24.1 Å². The molecule has 0 spiro atoms. The highest BCUT2D eigenvalue weighted by molar-refractivity contribution is 5.96. The Bertz CT molecular complexity index is 1670. The Kier molecular flexibility index (Phi) is 5.18. The number of imidazole rings is 1. The molecule has 0 atom stereocenters. The summed E-state index contributed by atoms with van der Waals surface area (Å²) in [6, 6.07) is 23.7. The van der Waals surface area contributed by atoms with Gasteiger partial charge in [-0.25, -0.2) is 4.98 Å². The molecule has 35 heavy (non-hydrogen) atoms. The van der Waals surface area contributed by atoms with E-state index in [1.165, 1.54) is 33.4 Å². The molecule has 5 nitrogen and oxygen atoms in total. The summed E-state index contributed by atoms with van der Waals surface area (Å²) in [6.45, 7) is 5.12. The molecule has 0 amide bonds. The van der Waals surface area contributed by atoms with Gasteiger partial charge in [0.1, 0.15) is 5.82 Å². The second-order valence-electron chi connectivity index (χ2n) is 9.32. The van der Waals surface area contributed by atoms with Gasteiger partial charge in [-0.1, -0.05) is 42.0 Å². The minimum atomic E-state index is 0.760. The zero-order chi connectivity index (χ0) is 23.9. The van der Waals surface area contributed by atoms with Crippen LogP contribution < -0.4 is 0 Å². The molecule has 0 saturated carbocycles. The summed E-state index contributed by atoms with van der Waals surface area (Å²) < 4.78 is 4.26. The number of rotatable bonds is 5. The maximum absolute atomic E-state index is 5.08. The van der Waals surface area contributed by atoms with Crippen LogP contribution in [-0.2, 0) is 20.0 Å². The second-order valence-corrected chi connectivity index (χ2v) is 9.32. The monoisotopic (exact) mass is 457 g/mol. The molecule has 0 unspecified atom stereocenters. The van der Waals surface area contributed by atoms with Crippen LogP contribution in [0.5, 0.6) is 0 Å². The number of aromatic nitrogens is 5. The first kappa shape index (κ1) is 21.3. The molecule has 0 aliphatic carbocycles. The smallest absolute Gasteiger partial charge is 0.114 e. The van der Waals surface area contributed by atoms with Crippen LogP contribution in [0.3, 0.4) is 0 Å². The Hall–Kier alpha value is -4.25. The van der Waals surface area contributed by atoms with Gasteiger partial charge in [0, 0.05) is 44.0 Å². The summed E-state index contributed by atoms with van der Waals surface area (Å²) >= 11 is 0. The standard InChI is InChI=1S/C30H27N5/c1-20-7-8-21(2)24(15-20)18-35-29-17-23(25-5-4-6-27-26(25)19-34(3)33-27)9-10-28(29)32-30(35)16-22-11-13-31-14-12-22/h4-15,17,19H,16,18H2,1-3H3. The highest BCUT2D eigenvalue weighted by Gasteiger charge is 2.15. The Morgan fingerprint density at radius 1 is 0.857 bits per heavy atom. The van der Waals surface area contributed by atoms with Gasteiger partial charge in [-0.2, -0.15) is 5.10 Å². The Morgan fingerprint density at radius 2 is 1.71 bits per heavy atom. The lowest BCUT2D eigenvalue weighted by Crippen LogP contribution is -2.07. The summed E-state index contributed by atoms with van der Waals surface area (Å²) in [5, 5.41) is 5.76. The molecule has 0 bridgehead atoms. The molecule has 5 heteroatoms. The summed E-state index contributed by atoms with van der Waals surface area (Å²) in [5.41, 5.74) is 10.6. The van der Waals surface area contributed by atoms with Crippen LogP contribution in [0.4, 0.5) is 0 Å². The fraction of sp³-hybridized carbons (Fsp3) is 0.167. The largest absolute Gasteiger partial charge is 0.323 e. The molecule has 0 saturated heterocycles. The Balaban J connectivity index is 1.53. The molecule has 3 aromatic carbocycles. The quantitative estimate of drug-likeness (QED) is 0.308. The fourth-order valence-corrected chi connectivity index (χ4v) is 4.89. The van der Waals surface area contributed by atoms with E-state index in [9.17, 15) is 0 Å². The summed E-state index contributed by atoms with van der Waals surface area (Å²) in [4.78, 5) is 9.26. The minimum absolute atomic E-state index is 0.760. The molecule has 0 aliphatic heterocycles. The lowest BCUT2D eigenvalue weighted by Gasteiger charge is -2.13. The number of hydrogen-bond donors (Lipinski definition) is 0. The van der Waals surface area contributed by atoms with Crippen LogP contribution >= 0.6 is 0 Å². The van der Waals surface area contributed by atoms with Crippen molar-refractivity contribution in [1.29, 1.82) is 0 Å². The van der Waals surface area contributed by atoms with E-state index < -0.39 is 0 Å². The number of fused-ring (bicyclic) bond motifs is 2. The average Bonchev–Trinajstić information content (AvgIpc) is 3.40. The maximum Gasteiger partial charge on any atom is 0.114 e. The third-order valence-electron chi connectivity index (χ3n) is 6.75. The number of nitrogens with zero attached hydrogens (tertiary/aromatic N) is 5. The average molecular weight is 458 g/mol. The van der Waals surface area contributed by atoms with Gasteiger partial charge in [0.25, 0.3) is 0 Å². The van der Waals surface area contributed by atoms with Gasteiger partial charge in [-0.3, -0.25) is 9.67 Å². The van der Waals surface area contributed by atoms with Gasteiger partial charge in [0.05, 0.1) is 16.6 Å². The lowest BCUT2D eigenvalue weighted by atomic mass is 10.0. The van der Waals surface area contributed by atoms with Crippen molar-refractivity contribution in [3.63, 3.8) is 0 Å². The fourth-order valence-electron chi connectivity index (χ4n) is 4.89. The zero-order valence-electron chi connectivity index (χ0n) is 20.2. The SMILES string of the molecule is Cc1ccc(C)c(Cn2c(Cc3ccncc3)nc3ccc(-c4cccc5nn(C)cc45)cc32)c1. The molecule has 0 radical (unpaired) electrons. The van der Waals surface area contributed by atoms with E-state index in [1.54, 1.807) is 0 Å². The minimum Gasteiger partial charge on any atom is -0.323 e. The van der Waals surface area contributed by atoms with Gasteiger partial charge in [-0.15, -0.1) is 0 Å². The number of benzene rings is 3. The van der Waals surface area contributed by atoms with Crippen LogP contribution in [0, 0.1) is 13.8 Å². The Labute approximate surface area is 204 Å². The van der Waals surface area contributed by atoms with E-state index >= 15 is 0 Å². The van der Waals surface area contributed by atoms with Crippen LogP contribution in [0.25, 0.3) is 33.1 Å². The number of hydrogen-bond acceptors (Lipinski definition) is 3. The van der Waals surface area contributed by atoms with Gasteiger partial charge in [0.15, 0.2) is 0 Å². The van der Waals surface area contributed by atoms with E-state index in [0.29, 0.717) is 0 Å². The van der Waals surface area contributed by atoms with Gasteiger partial charge in [0.2, 0.25) is 0 Å². The third-order valence-corrected chi connectivity index (χ3v) is 6.75. The van der Waals surface area contributed by atoms with E-state index in [0.717, 1.165) is 40.7 Å². The number of aryl methyl sites for hydroxylation is 3. The molecule has 6 rings (SSSR count). The lowest BCUT2D eigenvalue weighted by molar-refractivity contribution is 0.758. The van der Waals surface area contributed by atoms with Crippen molar-refractivity contribution in [2.45, 2.75) is 26.8 Å². The maximum atomic E-state index is 5.08. The Morgan fingerprint density at radius 3 is 2.57 bits per heavy atom. The molecule has 3 aromatic heterocycles. The van der Waals surface area contributed by atoms with E-state index in [4.69, 9.17) is 4.98 Å². The number of pyridine rings is 1. The topological polar surface area (TPSA) is 48.5 Å². The first-order valence-electron chi connectivity index (χ1n) is 11.9. The molecule has 172 valence electrons. The zero-order valence-corrected chi connectivity index (χ0v) is 20.2. The van der Waals surface area contributed by atoms with E-state index in [2.05, 4.69) is 101 Å². The van der Waals surface area contributed by atoms with Crippen molar-refractivity contribution in [3.05, 3.63) is 113 Å². The molecule has 0 N–H and O–H groups in total. The summed E-state index contributed by atoms with van der Waals surface area (Å²) in [6.07, 6.45) is 6.55. The molecule has 0 aliphatic rings. The van der Waals surface area contributed by atoms with Gasteiger partial charge in [-0.05, 0) is 72.0 Å². The van der Waals surface area contributed by atoms with Crippen molar-refractivity contribution in [2.24, 2.45) is 7.05 Å². The molecular weight excluding hydrogens is 430 g/mol. The van der Waals surface area contributed by atoms with Gasteiger partial charge >= 0.3 is 0 Å². The molecule has 6 aromatic rings. The van der Waals surface area contributed by atoms with E-state index in [-0.39, 0.29) is 0 Å². The molecule has 3 heterocycles. The second kappa shape index (κ2) is 8.51. The highest BCUT2D eigenvalue weighted by Crippen LogP contribution is 2.31. The van der Waals surface area contributed by atoms with Gasteiger partial charge < -0.3 is 4.57 Å². The van der Waals surface area contributed by atoms with Crippen LogP contribution in [0.1, 0.15) is 28.1 Å². The normalized spacial score (nSPS) is 11.5. The van der Waals surface area contributed by atoms with Crippen molar-refractivity contribution < 1.29 is 0 Å². The highest BCUT2D eigenvalue weighted by atomic mass is 15.2. The first-order valence-corrected chi connectivity index (χ1v) is 11.9. The predicted octanol–water partition coefficient (Wildman–Crippen LogP) is 6.24. The molecule has 0 fully saturated rings. The molecular formula is C30H27N5. The van der Waals surface area contributed by atoms with Crippen molar-refractivity contribution in [1.82, 2.24) is 24.3 Å². The third kappa shape index (κ3) is 3.99. The van der Waals surface area contributed by atoms with Crippen LogP contribution in [0.2, 0.25) is 0 Å². The first-order chi connectivity index (χ1) is 17.0. The summed E-state index contributed by atoms with van der Waals surface area (Å²) in [7, 11) is 1.97. The van der Waals surface area contributed by atoms with Crippen molar-refractivity contribution in [3.8, 4) is 11.1 Å². The van der Waals surface area contributed by atoms with Crippen LogP contribution in [0.15, 0.2) is 85.3 Å². The van der Waals surface area contributed by atoms with Crippen LogP contribution in [-0.4, -0.2) is 24.3 Å². The van der Waals surface area contributed by atoms with Crippen molar-refractivity contribution >= 4 is 21.9 Å².